The van der Waals surface area contributed by atoms with E-state index in [2.05, 4.69) is 15.4 Å². The molecule has 3 aromatic rings. The van der Waals surface area contributed by atoms with E-state index in [1.165, 1.54) is 34.7 Å². The van der Waals surface area contributed by atoms with E-state index in [1.54, 1.807) is 6.92 Å². The van der Waals surface area contributed by atoms with Crippen LogP contribution in [0.2, 0.25) is 0 Å². The number of hydrogen-bond donors (Lipinski definition) is 2. The molecule has 1 aliphatic rings. The van der Waals surface area contributed by atoms with Crippen LogP contribution in [-0.2, 0) is 29.7 Å². The van der Waals surface area contributed by atoms with Crippen LogP contribution in [0, 0.1) is 11.6 Å². The number of carbonyl (C=O) groups excluding carboxylic acids is 1. The zero-order chi connectivity index (χ0) is 22.7. The average molecular weight is 463 g/mol. The summed E-state index contributed by atoms with van der Waals surface area (Å²) in [6, 6.07) is 3.04. The number of thiophene rings is 1. The molecule has 1 aliphatic carbocycles. The first-order chi connectivity index (χ1) is 15.4. The van der Waals surface area contributed by atoms with Crippen LogP contribution in [-0.4, -0.2) is 39.0 Å². The smallest absolute Gasteiger partial charge is 0.341 e. The minimum Gasteiger partial charge on any atom is -0.462 e. The maximum absolute atomic E-state index is 14.6. The Labute approximate surface area is 188 Å². The number of nitrogens with zero attached hydrogens (tertiary/aromatic N) is 3. The summed E-state index contributed by atoms with van der Waals surface area (Å²) in [4.78, 5) is 17.7. The molecule has 2 aromatic heterocycles. The highest BCUT2D eigenvalue weighted by Gasteiger charge is 2.35. The lowest BCUT2D eigenvalue weighted by molar-refractivity contribution is 0.0246. The fourth-order valence-electron chi connectivity index (χ4n) is 4.02. The summed E-state index contributed by atoms with van der Waals surface area (Å²) in [5.74, 6) is -2.02. The Bertz CT molecular complexity index is 1100. The van der Waals surface area contributed by atoms with Crippen molar-refractivity contribution in [2.45, 2.75) is 44.8 Å². The molecule has 1 unspecified atom stereocenters. The van der Waals surface area contributed by atoms with Crippen LogP contribution in [0.4, 0.5) is 13.8 Å². The maximum Gasteiger partial charge on any atom is 0.341 e. The van der Waals surface area contributed by atoms with E-state index in [4.69, 9.17) is 4.74 Å². The third kappa shape index (κ3) is 4.51. The second-order valence-electron chi connectivity index (χ2n) is 7.74. The number of nitrogens with one attached hydrogen (secondary N) is 1. The summed E-state index contributed by atoms with van der Waals surface area (Å²) in [6.45, 7) is 1.74. The first-order valence-corrected chi connectivity index (χ1v) is 11.3. The number of rotatable bonds is 8. The molecule has 170 valence electrons. The molecule has 10 heteroatoms. The van der Waals surface area contributed by atoms with Crippen molar-refractivity contribution >= 4 is 22.3 Å². The largest absolute Gasteiger partial charge is 0.462 e. The maximum atomic E-state index is 14.6. The molecule has 0 fully saturated rings. The third-order valence-electron chi connectivity index (χ3n) is 5.51. The van der Waals surface area contributed by atoms with E-state index in [-0.39, 0.29) is 25.3 Å². The summed E-state index contributed by atoms with van der Waals surface area (Å²) in [5.41, 5.74) is -0.410. The molecule has 0 saturated heterocycles. The Hall–Kier alpha value is -2.85. The van der Waals surface area contributed by atoms with Crippen LogP contribution in [0.25, 0.3) is 0 Å². The van der Waals surface area contributed by atoms with Gasteiger partial charge in [-0.2, -0.15) is 5.10 Å². The van der Waals surface area contributed by atoms with Crippen molar-refractivity contribution in [3.8, 4) is 0 Å². The number of ether oxygens (including phenoxy) is 1. The highest BCUT2D eigenvalue weighted by Crippen LogP contribution is 2.39. The minimum atomic E-state index is -1.79. The van der Waals surface area contributed by atoms with Gasteiger partial charge in [-0.1, -0.05) is 6.07 Å². The summed E-state index contributed by atoms with van der Waals surface area (Å²) in [5, 5.41) is 19.2. The fourth-order valence-corrected chi connectivity index (χ4v) is 5.29. The molecule has 0 spiro atoms. The van der Waals surface area contributed by atoms with Gasteiger partial charge in [0, 0.05) is 16.5 Å². The molecule has 4 rings (SSSR count). The lowest BCUT2D eigenvalue weighted by Gasteiger charge is -2.29. The first-order valence-electron chi connectivity index (χ1n) is 10.5. The van der Waals surface area contributed by atoms with Gasteiger partial charge in [0.2, 0.25) is 0 Å². The number of esters is 1. The van der Waals surface area contributed by atoms with Gasteiger partial charge in [-0.25, -0.2) is 23.2 Å². The van der Waals surface area contributed by atoms with Gasteiger partial charge in [-0.05, 0) is 44.2 Å². The molecule has 1 aromatic carbocycles. The SMILES string of the molecule is CCOC(=O)c1c(NCC(O)(Cn2cncn2)c2ccc(F)cc2F)sc2c1CCCC2. The lowest BCUT2D eigenvalue weighted by Crippen LogP contribution is -2.39. The Morgan fingerprint density at radius 2 is 2.16 bits per heavy atom. The van der Waals surface area contributed by atoms with Gasteiger partial charge in [0.05, 0.1) is 25.3 Å². The molecule has 2 heterocycles. The molecule has 0 aliphatic heterocycles. The van der Waals surface area contributed by atoms with Crippen molar-refractivity contribution in [2.75, 3.05) is 18.5 Å². The Morgan fingerprint density at radius 3 is 2.88 bits per heavy atom. The predicted octanol–water partition coefficient (Wildman–Crippen LogP) is 3.67. The molecular weight excluding hydrogens is 438 g/mol. The predicted molar refractivity (Wildman–Crippen MR) is 116 cm³/mol. The van der Waals surface area contributed by atoms with Gasteiger partial charge in [-0.3, -0.25) is 0 Å². The number of anilines is 1. The van der Waals surface area contributed by atoms with Crippen LogP contribution < -0.4 is 5.32 Å². The molecule has 0 saturated carbocycles. The molecule has 32 heavy (non-hydrogen) atoms. The average Bonchev–Trinajstić information content (AvgIpc) is 3.39. The second kappa shape index (κ2) is 9.33. The zero-order valence-electron chi connectivity index (χ0n) is 17.6. The molecule has 0 radical (unpaired) electrons. The Kier molecular flexibility index (Phi) is 6.52. The number of aliphatic hydroxyl groups is 1. The van der Waals surface area contributed by atoms with E-state index >= 15 is 0 Å². The van der Waals surface area contributed by atoms with Gasteiger partial charge >= 0.3 is 5.97 Å². The van der Waals surface area contributed by atoms with E-state index in [0.29, 0.717) is 10.6 Å². The lowest BCUT2D eigenvalue weighted by atomic mass is 9.92. The van der Waals surface area contributed by atoms with Crippen molar-refractivity contribution in [3.05, 3.63) is 64.1 Å². The van der Waals surface area contributed by atoms with Crippen molar-refractivity contribution in [3.63, 3.8) is 0 Å². The minimum absolute atomic E-state index is 0.0825. The van der Waals surface area contributed by atoms with Crippen LogP contribution in [0.15, 0.2) is 30.9 Å². The standard InChI is InChI=1S/C22H24F2N4O3S/c1-2-31-21(29)19-15-5-3-4-6-18(15)32-20(19)26-10-22(30,11-28-13-25-12-27-28)16-8-7-14(23)9-17(16)24/h7-9,12-13,26,30H,2-6,10-11H2,1H3. The van der Waals surface area contributed by atoms with E-state index in [9.17, 15) is 18.7 Å². The second-order valence-corrected chi connectivity index (χ2v) is 8.84. The third-order valence-corrected chi connectivity index (χ3v) is 6.76. The Morgan fingerprint density at radius 1 is 1.34 bits per heavy atom. The molecule has 0 amide bonds. The van der Waals surface area contributed by atoms with Gasteiger partial charge in [-0.15, -0.1) is 11.3 Å². The molecular formula is C22H24F2N4O3S. The number of aryl methyl sites for hydroxylation is 1. The van der Waals surface area contributed by atoms with Crippen LogP contribution >= 0.6 is 11.3 Å². The molecule has 2 N–H and O–H groups in total. The van der Waals surface area contributed by atoms with Gasteiger partial charge in [0.25, 0.3) is 0 Å². The van der Waals surface area contributed by atoms with Crippen LogP contribution in [0.5, 0.6) is 0 Å². The first kappa shape index (κ1) is 22.3. The monoisotopic (exact) mass is 462 g/mol. The number of aromatic nitrogens is 3. The topological polar surface area (TPSA) is 89.3 Å². The van der Waals surface area contributed by atoms with Gasteiger partial charge in [0.1, 0.15) is 34.9 Å². The normalized spacial score (nSPS) is 15.1. The van der Waals surface area contributed by atoms with E-state index in [1.807, 2.05) is 0 Å². The van der Waals surface area contributed by atoms with Gasteiger partial charge < -0.3 is 15.2 Å². The number of benzene rings is 1. The molecule has 7 nitrogen and oxygen atoms in total. The quantitative estimate of drug-likeness (QED) is 0.497. The zero-order valence-corrected chi connectivity index (χ0v) is 18.4. The van der Waals surface area contributed by atoms with Gasteiger partial charge in [0.15, 0.2) is 0 Å². The van der Waals surface area contributed by atoms with Crippen molar-refractivity contribution in [1.82, 2.24) is 14.8 Å². The van der Waals surface area contributed by atoms with Crippen molar-refractivity contribution < 1.29 is 23.4 Å². The highest BCUT2D eigenvalue weighted by atomic mass is 32.1. The summed E-state index contributed by atoms with van der Waals surface area (Å²) < 4.78 is 34.8. The van der Waals surface area contributed by atoms with E-state index in [0.717, 1.165) is 48.3 Å². The number of hydrogen-bond acceptors (Lipinski definition) is 7. The summed E-state index contributed by atoms with van der Waals surface area (Å²) >= 11 is 1.46. The number of halogens is 2. The van der Waals surface area contributed by atoms with Crippen molar-refractivity contribution in [1.29, 1.82) is 0 Å². The van der Waals surface area contributed by atoms with Crippen molar-refractivity contribution in [2.24, 2.45) is 0 Å². The van der Waals surface area contributed by atoms with Crippen LogP contribution in [0.3, 0.4) is 0 Å². The Balaban J connectivity index is 1.68. The number of fused-ring (bicyclic) bond motifs is 1. The highest BCUT2D eigenvalue weighted by molar-refractivity contribution is 7.16. The molecule has 1 atom stereocenters. The number of carbonyl (C=O) groups is 1. The fraction of sp³-hybridized carbons (Fsp3) is 0.409. The molecule has 0 bridgehead atoms. The summed E-state index contributed by atoms with van der Waals surface area (Å²) in [7, 11) is 0. The summed E-state index contributed by atoms with van der Waals surface area (Å²) in [6.07, 6.45) is 6.42. The van der Waals surface area contributed by atoms with Crippen LogP contribution in [0.1, 0.15) is 46.1 Å². The van der Waals surface area contributed by atoms with E-state index < -0.39 is 23.2 Å².